The number of nitrogens with zero attached hydrogens (tertiary/aromatic N) is 2. The number of hydrogen-bond acceptors (Lipinski definition) is 4. The highest BCUT2D eigenvalue weighted by molar-refractivity contribution is 5.97. The number of anilines is 1. The predicted octanol–water partition coefficient (Wildman–Crippen LogP) is 0.582. The molecule has 0 aliphatic carbocycles. The second-order valence-corrected chi connectivity index (χ2v) is 4.85. The first-order valence-electron chi connectivity index (χ1n) is 6.49. The molecule has 2 N–H and O–H groups in total. The summed E-state index contributed by atoms with van der Waals surface area (Å²) in [7, 11) is 3.26. The van der Waals surface area contributed by atoms with Crippen LogP contribution in [0.2, 0.25) is 0 Å². The first kappa shape index (κ1) is 14.2. The molecule has 1 saturated heterocycles. The lowest BCUT2D eigenvalue weighted by molar-refractivity contribution is -0.129. The number of nitrogens with two attached hydrogens (primary N) is 1. The van der Waals surface area contributed by atoms with Crippen LogP contribution in [0.5, 0.6) is 5.75 Å². The Morgan fingerprint density at radius 2 is 2.10 bits per heavy atom. The fourth-order valence-corrected chi connectivity index (χ4v) is 2.19. The van der Waals surface area contributed by atoms with Crippen LogP contribution in [-0.4, -0.2) is 55.4 Å². The van der Waals surface area contributed by atoms with Crippen LogP contribution in [-0.2, 0) is 4.79 Å². The Labute approximate surface area is 118 Å². The van der Waals surface area contributed by atoms with Crippen LogP contribution >= 0.6 is 0 Å². The fraction of sp³-hybridized carbons (Fsp3) is 0.429. The molecule has 0 aromatic heterocycles. The van der Waals surface area contributed by atoms with Crippen molar-refractivity contribution in [1.29, 1.82) is 0 Å². The van der Waals surface area contributed by atoms with E-state index in [1.807, 2.05) is 0 Å². The van der Waals surface area contributed by atoms with Gasteiger partial charge in [-0.15, -0.1) is 0 Å². The van der Waals surface area contributed by atoms with Crippen LogP contribution in [0.4, 0.5) is 5.69 Å². The minimum absolute atomic E-state index is 0.0433. The van der Waals surface area contributed by atoms with E-state index >= 15 is 0 Å². The summed E-state index contributed by atoms with van der Waals surface area (Å²) in [6.45, 7) is 1.36. The number of ether oxygens (including phenoxy) is 1. The molecular weight excluding hydrogens is 258 g/mol. The third-order valence-electron chi connectivity index (χ3n) is 3.44. The van der Waals surface area contributed by atoms with E-state index in [1.54, 1.807) is 35.0 Å². The minimum Gasteiger partial charge on any atom is -0.495 e. The minimum atomic E-state index is -0.174. The van der Waals surface area contributed by atoms with Gasteiger partial charge < -0.3 is 20.3 Å². The highest BCUT2D eigenvalue weighted by atomic mass is 16.5. The number of likely N-dealkylation sites (N-methyl/N-ethyl adjacent to an activating group) is 1. The Balaban J connectivity index is 2.20. The van der Waals surface area contributed by atoms with Gasteiger partial charge in [0, 0.05) is 25.7 Å². The zero-order valence-electron chi connectivity index (χ0n) is 11.8. The number of benzene rings is 1. The maximum absolute atomic E-state index is 12.4. The Hall–Kier alpha value is -2.24. The van der Waals surface area contributed by atoms with Gasteiger partial charge in [0.15, 0.2) is 0 Å². The van der Waals surface area contributed by atoms with E-state index in [2.05, 4.69) is 0 Å². The maximum Gasteiger partial charge on any atom is 0.254 e. The highest BCUT2D eigenvalue weighted by Gasteiger charge is 2.24. The van der Waals surface area contributed by atoms with Gasteiger partial charge >= 0.3 is 0 Å². The van der Waals surface area contributed by atoms with Crippen molar-refractivity contribution in [1.82, 2.24) is 9.80 Å². The third-order valence-corrected chi connectivity index (χ3v) is 3.44. The Kier molecular flexibility index (Phi) is 4.12. The Morgan fingerprint density at radius 3 is 2.80 bits per heavy atom. The van der Waals surface area contributed by atoms with Gasteiger partial charge in [-0.2, -0.15) is 0 Å². The van der Waals surface area contributed by atoms with Crippen molar-refractivity contribution < 1.29 is 14.3 Å². The molecule has 1 aliphatic rings. The molecule has 20 heavy (non-hydrogen) atoms. The molecule has 1 heterocycles. The van der Waals surface area contributed by atoms with Gasteiger partial charge in [0.2, 0.25) is 5.91 Å². The molecule has 0 radical (unpaired) electrons. The third kappa shape index (κ3) is 2.84. The lowest BCUT2D eigenvalue weighted by Crippen LogP contribution is -2.38. The van der Waals surface area contributed by atoms with Crippen molar-refractivity contribution >= 4 is 17.5 Å². The monoisotopic (exact) mass is 277 g/mol. The van der Waals surface area contributed by atoms with Crippen LogP contribution in [0.1, 0.15) is 16.8 Å². The van der Waals surface area contributed by atoms with Crippen LogP contribution in [0.3, 0.4) is 0 Å². The molecule has 6 nitrogen and oxygen atoms in total. The van der Waals surface area contributed by atoms with E-state index in [4.69, 9.17) is 10.5 Å². The molecule has 0 bridgehead atoms. The van der Waals surface area contributed by atoms with Crippen LogP contribution in [0.15, 0.2) is 18.2 Å². The summed E-state index contributed by atoms with van der Waals surface area (Å²) < 4.78 is 5.12. The van der Waals surface area contributed by atoms with Crippen LogP contribution in [0.25, 0.3) is 0 Å². The smallest absolute Gasteiger partial charge is 0.254 e. The summed E-state index contributed by atoms with van der Waals surface area (Å²) in [5, 5.41) is 0. The molecule has 0 atom stereocenters. The molecule has 1 aromatic rings. The van der Waals surface area contributed by atoms with Gasteiger partial charge in [0.25, 0.3) is 5.91 Å². The zero-order chi connectivity index (χ0) is 14.7. The van der Waals surface area contributed by atoms with Crippen molar-refractivity contribution in [2.24, 2.45) is 0 Å². The summed E-state index contributed by atoms with van der Waals surface area (Å²) in [4.78, 5) is 27.5. The number of carbonyl (C=O) groups is 2. The Morgan fingerprint density at radius 1 is 1.35 bits per heavy atom. The van der Waals surface area contributed by atoms with Crippen molar-refractivity contribution in [2.75, 3.05) is 39.5 Å². The average molecular weight is 277 g/mol. The van der Waals surface area contributed by atoms with Gasteiger partial charge in [-0.3, -0.25) is 9.59 Å². The lowest BCUT2D eigenvalue weighted by Gasteiger charge is -2.20. The van der Waals surface area contributed by atoms with Crippen LogP contribution in [0, 0.1) is 0 Å². The molecule has 1 aromatic carbocycles. The quantitative estimate of drug-likeness (QED) is 0.802. The standard InChI is InChI=1S/C14H19N3O3/c1-16-6-3-7-17(9-13(16)18)14(19)10-4-5-11(15)12(8-10)20-2/h4-5,8H,3,6-7,9,15H2,1-2H3. The highest BCUT2D eigenvalue weighted by Crippen LogP contribution is 2.23. The number of methoxy groups -OCH3 is 1. The van der Waals surface area contributed by atoms with Crippen molar-refractivity contribution in [3.8, 4) is 5.75 Å². The summed E-state index contributed by atoms with van der Waals surface area (Å²) >= 11 is 0. The van der Waals surface area contributed by atoms with Gasteiger partial charge in [-0.25, -0.2) is 0 Å². The number of carbonyl (C=O) groups excluding carboxylic acids is 2. The van der Waals surface area contributed by atoms with Crippen molar-refractivity contribution in [3.05, 3.63) is 23.8 Å². The fourth-order valence-electron chi connectivity index (χ4n) is 2.19. The zero-order valence-corrected chi connectivity index (χ0v) is 11.8. The summed E-state index contributed by atoms with van der Waals surface area (Å²) in [6, 6.07) is 4.90. The van der Waals surface area contributed by atoms with E-state index in [0.717, 1.165) is 6.42 Å². The maximum atomic E-state index is 12.4. The normalized spacial score (nSPS) is 16.0. The van der Waals surface area contributed by atoms with Crippen molar-refractivity contribution in [2.45, 2.75) is 6.42 Å². The first-order valence-corrected chi connectivity index (χ1v) is 6.49. The topological polar surface area (TPSA) is 75.9 Å². The number of nitrogen functional groups attached to an aromatic ring is 1. The summed E-state index contributed by atoms with van der Waals surface area (Å²) in [5.74, 6) is 0.249. The number of amides is 2. The number of rotatable bonds is 2. The molecule has 1 fully saturated rings. The second-order valence-electron chi connectivity index (χ2n) is 4.85. The van der Waals surface area contributed by atoms with Gasteiger partial charge in [-0.05, 0) is 24.6 Å². The molecule has 1 aliphatic heterocycles. The molecule has 108 valence electrons. The summed E-state index contributed by atoms with van der Waals surface area (Å²) in [6.07, 6.45) is 0.778. The molecular formula is C14H19N3O3. The number of hydrogen-bond donors (Lipinski definition) is 1. The molecule has 0 spiro atoms. The van der Waals surface area contributed by atoms with Crippen LogP contribution < -0.4 is 10.5 Å². The summed E-state index contributed by atoms with van der Waals surface area (Å²) in [5.41, 5.74) is 6.70. The average Bonchev–Trinajstić information content (AvgIpc) is 2.61. The predicted molar refractivity (Wildman–Crippen MR) is 75.6 cm³/mol. The molecule has 2 amide bonds. The SMILES string of the molecule is COc1cc(C(=O)N2CCCN(C)C(=O)C2)ccc1N. The van der Waals surface area contributed by atoms with E-state index < -0.39 is 0 Å². The van der Waals surface area contributed by atoms with E-state index in [-0.39, 0.29) is 18.4 Å². The van der Waals surface area contributed by atoms with Gasteiger partial charge in [0.05, 0.1) is 12.8 Å². The molecule has 0 saturated carbocycles. The van der Waals surface area contributed by atoms with Gasteiger partial charge in [0.1, 0.15) is 12.3 Å². The first-order chi connectivity index (χ1) is 9.52. The largest absolute Gasteiger partial charge is 0.495 e. The lowest BCUT2D eigenvalue weighted by atomic mass is 10.1. The van der Waals surface area contributed by atoms with E-state index in [0.29, 0.717) is 30.1 Å². The van der Waals surface area contributed by atoms with Gasteiger partial charge in [-0.1, -0.05) is 0 Å². The molecule has 2 rings (SSSR count). The van der Waals surface area contributed by atoms with Crippen molar-refractivity contribution in [3.63, 3.8) is 0 Å². The van der Waals surface area contributed by atoms with E-state index in [9.17, 15) is 9.59 Å². The Bertz CT molecular complexity index is 530. The second kappa shape index (κ2) is 5.81. The van der Waals surface area contributed by atoms with E-state index in [1.165, 1.54) is 7.11 Å². The molecule has 6 heteroatoms. The molecule has 0 unspecified atom stereocenters.